The Bertz CT molecular complexity index is 648. The molecule has 110 valence electrons. The summed E-state index contributed by atoms with van der Waals surface area (Å²) in [5.74, 6) is 0. The third kappa shape index (κ3) is 3.00. The van der Waals surface area contributed by atoms with E-state index in [0.717, 1.165) is 10.6 Å². The van der Waals surface area contributed by atoms with Gasteiger partial charge in [0, 0.05) is 16.6 Å². The fourth-order valence-corrected chi connectivity index (χ4v) is 3.33. The Kier molecular flexibility index (Phi) is 4.32. The van der Waals surface area contributed by atoms with Crippen LogP contribution in [0.3, 0.4) is 0 Å². The van der Waals surface area contributed by atoms with Gasteiger partial charge in [-0.1, -0.05) is 35.9 Å². The van der Waals surface area contributed by atoms with E-state index in [0.29, 0.717) is 6.04 Å². The van der Waals surface area contributed by atoms with Crippen LogP contribution in [-0.4, -0.2) is 7.05 Å². The Labute approximate surface area is 132 Å². The highest BCUT2D eigenvalue weighted by Gasteiger charge is 2.13. The van der Waals surface area contributed by atoms with Crippen LogP contribution in [0.15, 0.2) is 36.4 Å². The molecule has 0 fully saturated rings. The number of rotatable bonds is 3. The zero-order valence-electron chi connectivity index (χ0n) is 12.7. The van der Waals surface area contributed by atoms with E-state index in [1.54, 1.807) is 0 Å². The molecule has 0 bridgehead atoms. The Hall–Kier alpha value is -1.31. The lowest BCUT2D eigenvalue weighted by atomic mass is 9.88. The fraction of sp³-hybridized carbons (Fsp3) is 0.368. The molecule has 0 aliphatic heterocycles. The monoisotopic (exact) mass is 299 g/mol. The minimum Gasteiger partial charge on any atom is -0.313 e. The number of aryl methyl sites for hydroxylation is 2. The van der Waals surface area contributed by atoms with Gasteiger partial charge in [0.2, 0.25) is 0 Å². The molecule has 2 aromatic rings. The summed E-state index contributed by atoms with van der Waals surface area (Å²) in [4.78, 5) is 0. The third-order valence-corrected chi connectivity index (χ3v) is 4.91. The van der Waals surface area contributed by atoms with Gasteiger partial charge in [0.15, 0.2) is 0 Å². The molecule has 21 heavy (non-hydrogen) atoms. The van der Waals surface area contributed by atoms with Crippen LogP contribution in [0, 0.1) is 0 Å². The molecule has 1 N–H and O–H groups in total. The molecular formula is C19H22ClN. The largest absolute Gasteiger partial charge is 0.313 e. The molecule has 0 saturated carbocycles. The maximum atomic E-state index is 6.44. The highest BCUT2D eigenvalue weighted by atomic mass is 35.5. The highest BCUT2D eigenvalue weighted by Crippen LogP contribution is 2.33. The van der Waals surface area contributed by atoms with Crippen molar-refractivity contribution in [1.82, 2.24) is 5.32 Å². The van der Waals surface area contributed by atoms with Crippen molar-refractivity contribution in [2.24, 2.45) is 0 Å². The van der Waals surface area contributed by atoms with Gasteiger partial charge in [-0.15, -0.1) is 0 Å². The average Bonchev–Trinajstić information content (AvgIpc) is 2.54. The van der Waals surface area contributed by atoms with Crippen molar-refractivity contribution in [3.63, 3.8) is 0 Å². The molecule has 1 aliphatic carbocycles. The summed E-state index contributed by atoms with van der Waals surface area (Å²) < 4.78 is 0. The topological polar surface area (TPSA) is 12.0 Å². The minimum absolute atomic E-state index is 0.332. The van der Waals surface area contributed by atoms with Gasteiger partial charge >= 0.3 is 0 Å². The van der Waals surface area contributed by atoms with Crippen LogP contribution >= 0.6 is 11.6 Å². The molecule has 0 aromatic heterocycles. The van der Waals surface area contributed by atoms with Gasteiger partial charge in [-0.25, -0.2) is 0 Å². The molecule has 0 heterocycles. The van der Waals surface area contributed by atoms with E-state index in [9.17, 15) is 0 Å². The predicted octanol–water partition coefficient (Wildman–Crippen LogP) is 5.17. The van der Waals surface area contributed by atoms with Gasteiger partial charge < -0.3 is 5.32 Å². The molecule has 0 radical (unpaired) electrons. The summed E-state index contributed by atoms with van der Waals surface area (Å²) in [7, 11) is 1.98. The second kappa shape index (κ2) is 6.21. The van der Waals surface area contributed by atoms with E-state index in [2.05, 4.69) is 42.6 Å². The Balaban J connectivity index is 2.03. The smallest absolute Gasteiger partial charge is 0.0484 e. The van der Waals surface area contributed by atoms with Crippen LogP contribution < -0.4 is 5.32 Å². The van der Waals surface area contributed by atoms with E-state index in [-0.39, 0.29) is 0 Å². The van der Waals surface area contributed by atoms with Gasteiger partial charge in [-0.2, -0.15) is 0 Å². The van der Waals surface area contributed by atoms with Crippen molar-refractivity contribution in [2.75, 3.05) is 7.05 Å². The number of nitrogens with one attached hydrogen (secondary N) is 1. The van der Waals surface area contributed by atoms with Gasteiger partial charge in [-0.3, -0.25) is 0 Å². The van der Waals surface area contributed by atoms with Gasteiger partial charge in [-0.05, 0) is 74.0 Å². The number of halogens is 1. The lowest BCUT2D eigenvalue weighted by Crippen LogP contribution is -2.12. The first-order valence-electron chi connectivity index (χ1n) is 7.78. The zero-order valence-corrected chi connectivity index (χ0v) is 13.5. The molecule has 0 saturated heterocycles. The van der Waals surface area contributed by atoms with Crippen molar-refractivity contribution < 1.29 is 0 Å². The first kappa shape index (κ1) is 14.6. The highest BCUT2D eigenvalue weighted by molar-refractivity contribution is 6.33. The maximum Gasteiger partial charge on any atom is 0.0484 e. The van der Waals surface area contributed by atoms with E-state index >= 15 is 0 Å². The normalized spacial score (nSPS) is 15.6. The molecule has 1 aliphatic rings. The molecule has 0 amide bonds. The quantitative estimate of drug-likeness (QED) is 0.825. The van der Waals surface area contributed by atoms with Crippen molar-refractivity contribution in [2.45, 2.75) is 38.6 Å². The van der Waals surface area contributed by atoms with Crippen LogP contribution in [0.25, 0.3) is 11.1 Å². The van der Waals surface area contributed by atoms with Crippen LogP contribution in [0.1, 0.15) is 42.5 Å². The minimum atomic E-state index is 0.332. The van der Waals surface area contributed by atoms with Crippen molar-refractivity contribution in [1.29, 1.82) is 0 Å². The average molecular weight is 300 g/mol. The van der Waals surface area contributed by atoms with E-state index < -0.39 is 0 Å². The second-order valence-electron chi connectivity index (χ2n) is 5.94. The fourth-order valence-electron chi connectivity index (χ4n) is 3.10. The summed E-state index contributed by atoms with van der Waals surface area (Å²) >= 11 is 6.44. The van der Waals surface area contributed by atoms with Crippen LogP contribution in [-0.2, 0) is 12.8 Å². The third-order valence-electron chi connectivity index (χ3n) is 4.58. The number of hydrogen-bond acceptors (Lipinski definition) is 1. The molecule has 1 unspecified atom stereocenters. The summed E-state index contributed by atoms with van der Waals surface area (Å²) in [5.41, 5.74) is 6.67. The van der Waals surface area contributed by atoms with Gasteiger partial charge in [0.25, 0.3) is 0 Å². The van der Waals surface area contributed by atoms with Crippen molar-refractivity contribution in [3.8, 4) is 11.1 Å². The summed E-state index contributed by atoms with van der Waals surface area (Å²) in [5, 5.41) is 4.12. The first-order valence-corrected chi connectivity index (χ1v) is 8.15. The van der Waals surface area contributed by atoms with E-state index in [1.165, 1.54) is 47.9 Å². The SMILES string of the molecule is CNC(C)c1ccc(Cl)c(-c2ccc3c(c2)CCCC3)c1. The predicted molar refractivity (Wildman–Crippen MR) is 91.0 cm³/mol. The summed E-state index contributed by atoms with van der Waals surface area (Å²) in [6.45, 7) is 2.17. The molecule has 3 rings (SSSR count). The molecule has 1 atom stereocenters. The lowest BCUT2D eigenvalue weighted by Gasteiger charge is -2.18. The van der Waals surface area contributed by atoms with Gasteiger partial charge in [0.05, 0.1) is 0 Å². The number of benzene rings is 2. The van der Waals surface area contributed by atoms with Crippen LogP contribution in [0.2, 0.25) is 5.02 Å². The molecule has 2 heteroatoms. The summed E-state index contributed by atoms with van der Waals surface area (Å²) in [6.07, 6.45) is 5.05. The molecular weight excluding hydrogens is 278 g/mol. The first-order chi connectivity index (χ1) is 10.2. The van der Waals surface area contributed by atoms with Crippen molar-refractivity contribution in [3.05, 3.63) is 58.1 Å². The van der Waals surface area contributed by atoms with Crippen LogP contribution in [0.4, 0.5) is 0 Å². The zero-order chi connectivity index (χ0) is 14.8. The van der Waals surface area contributed by atoms with Crippen LogP contribution in [0.5, 0.6) is 0 Å². The van der Waals surface area contributed by atoms with E-state index in [4.69, 9.17) is 11.6 Å². The molecule has 1 nitrogen and oxygen atoms in total. The van der Waals surface area contributed by atoms with E-state index in [1.807, 2.05) is 13.1 Å². The summed E-state index contributed by atoms with van der Waals surface area (Å²) in [6, 6.07) is 13.5. The van der Waals surface area contributed by atoms with Crippen molar-refractivity contribution >= 4 is 11.6 Å². The number of hydrogen-bond donors (Lipinski definition) is 1. The van der Waals surface area contributed by atoms with Gasteiger partial charge in [0.1, 0.15) is 0 Å². The lowest BCUT2D eigenvalue weighted by molar-refractivity contribution is 0.652. The Morgan fingerprint density at radius 2 is 1.76 bits per heavy atom. The molecule has 0 spiro atoms. The Morgan fingerprint density at radius 1 is 1.00 bits per heavy atom. The number of fused-ring (bicyclic) bond motifs is 1. The second-order valence-corrected chi connectivity index (χ2v) is 6.35. The maximum absolute atomic E-state index is 6.44. The Morgan fingerprint density at radius 3 is 2.52 bits per heavy atom. The standard InChI is InChI=1S/C19H22ClN/c1-13(21-2)15-9-10-19(20)18(12-15)17-8-7-14-5-3-4-6-16(14)11-17/h7-13,21H,3-6H2,1-2H3. The molecule has 2 aromatic carbocycles.